The molecule has 1 saturated carbocycles. The highest BCUT2D eigenvalue weighted by atomic mass is 15.2. The molecular weight excluding hydrogens is 400 g/mol. The fourth-order valence-electron chi connectivity index (χ4n) is 5.06. The van der Waals surface area contributed by atoms with Gasteiger partial charge < -0.3 is 10.2 Å². The van der Waals surface area contributed by atoms with Crippen molar-refractivity contribution in [1.82, 2.24) is 10.2 Å². The van der Waals surface area contributed by atoms with Gasteiger partial charge in [0.15, 0.2) is 0 Å². The van der Waals surface area contributed by atoms with Gasteiger partial charge in [0.05, 0.1) is 5.70 Å². The lowest BCUT2D eigenvalue weighted by Crippen LogP contribution is -2.21. The average molecular weight is 435 g/mol. The van der Waals surface area contributed by atoms with Crippen LogP contribution in [0.25, 0.3) is 5.70 Å². The minimum Gasteiger partial charge on any atom is -0.374 e. The van der Waals surface area contributed by atoms with Gasteiger partial charge in [0.2, 0.25) is 0 Å². The molecule has 1 saturated heterocycles. The summed E-state index contributed by atoms with van der Waals surface area (Å²) < 4.78 is 0. The molecule has 0 aromatic heterocycles. The third kappa shape index (κ3) is 4.86. The maximum atomic E-state index is 5.63. The Hall–Kier alpha value is -3.36. The highest BCUT2D eigenvalue weighted by Crippen LogP contribution is 2.40. The van der Waals surface area contributed by atoms with Crippen LogP contribution in [-0.4, -0.2) is 18.0 Å². The molecule has 0 amide bonds. The lowest BCUT2D eigenvalue weighted by molar-refractivity contribution is 0.416. The summed E-state index contributed by atoms with van der Waals surface area (Å²) in [6.45, 7) is 11.5. The van der Waals surface area contributed by atoms with Crippen LogP contribution in [0.15, 0.2) is 54.8 Å². The van der Waals surface area contributed by atoms with Crippen molar-refractivity contribution >= 4 is 5.70 Å². The van der Waals surface area contributed by atoms with Crippen molar-refractivity contribution < 1.29 is 0 Å². The predicted molar refractivity (Wildman–Crippen MR) is 140 cm³/mol. The first-order valence-corrected chi connectivity index (χ1v) is 12.0. The molecule has 2 heteroatoms. The van der Waals surface area contributed by atoms with E-state index in [1.165, 1.54) is 47.1 Å². The zero-order chi connectivity index (χ0) is 23.4. The summed E-state index contributed by atoms with van der Waals surface area (Å²) in [5.41, 5.74) is 9.65. The van der Waals surface area contributed by atoms with Gasteiger partial charge in [0.25, 0.3) is 0 Å². The quantitative estimate of drug-likeness (QED) is 0.512. The largest absolute Gasteiger partial charge is 0.374 e. The molecule has 1 heterocycles. The number of terminal acetylenes is 2. The molecular formula is C31H34N2. The number of benzene rings is 2. The first-order valence-electron chi connectivity index (χ1n) is 12.0. The Morgan fingerprint density at radius 1 is 1.15 bits per heavy atom. The van der Waals surface area contributed by atoms with Crippen molar-refractivity contribution in [2.75, 3.05) is 13.1 Å². The summed E-state index contributed by atoms with van der Waals surface area (Å²) in [5.74, 6) is 6.62. The molecule has 2 aliphatic rings. The number of aryl methyl sites for hydroxylation is 1. The summed E-state index contributed by atoms with van der Waals surface area (Å²) in [6.07, 6.45) is 18.1. The van der Waals surface area contributed by atoms with Crippen LogP contribution in [-0.2, 0) is 6.54 Å². The van der Waals surface area contributed by atoms with Crippen LogP contribution in [0.3, 0.4) is 0 Å². The number of nitrogens with zero attached hydrogens (tertiary/aromatic N) is 1. The number of rotatable bonds is 7. The molecule has 0 bridgehead atoms. The van der Waals surface area contributed by atoms with Crippen molar-refractivity contribution in [2.24, 2.45) is 0 Å². The topological polar surface area (TPSA) is 15.3 Å². The molecule has 2 aromatic carbocycles. The van der Waals surface area contributed by atoms with Gasteiger partial charge in [-0.1, -0.05) is 49.1 Å². The Morgan fingerprint density at radius 3 is 2.52 bits per heavy atom. The fraction of sp³-hybridized carbons (Fsp3) is 0.355. The molecule has 168 valence electrons. The third-order valence-corrected chi connectivity index (χ3v) is 7.37. The van der Waals surface area contributed by atoms with E-state index in [9.17, 15) is 0 Å². The lowest BCUT2D eigenvalue weighted by atomic mass is 9.77. The molecule has 2 nitrogen and oxygen atoms in total. The highest BCUT2D eigenvalue weighted by molar-refractivity contribution is 5.67. The van der Waals surface area contributed by atoms with E-state index in [2.05, 4.69) is 59.8 Å². The Balaban J connectivity index is 1.54. The van der Waals surface area contributed by atoms with Crippen LogP contribution in [0.2, 0.25) is 0 Å². The van der Waals surface area contributed by atoms with Crippen LogP contribution >= 0.6 is 0 Å². The van der Waals surface area contributed by atoms with Gasteiger partial charge in [-0.3, -0.25) is 0 Å². The van der Waals surface area contributed by atoms with Gasteiger partial charge in [-0.25, -0.2) is 0 Å². The second kappa shape index (κ2) is 10.1. The second-order valence-electron chi connectivity index (χ2n) is 9.34. The third-order valence-electron chi connectivity index (χ3n) is 7.37. The number of allylic oxidation sites excluding steroid dienone is 2. The SMILES string of the molecule is C#C/C(=C/C)NCc1cc(C(=C)N2CCC(c3ccc(C#C)cc3)C2)c(C)cc1C1CCC1. The molecule has 4 rings (SSSR count). The summed E-state index contributed by atoms with van der Waals surface area (Å²) in [6, 6.07) is 13.2. The Morgan fingerprint density at radius 2 is 1.91 bits per heavy atom. The van der Waals surface area contributed by atoms with E-state index in [1.807, 2.05) is 25.1 Å². The van der Waals surface area contributed by atoms with E-state index >= 15 is 0 Å². The van der Waals surface area contributed by atoms with Gasteiger partial charge in [0, 0.05) is 42.4 Å². The number of likely N-dealkylation sites (tertiary alicyclic amines) is 1. The van der Waals surface area contributed by atoms with E-state index in [4.69, 9.17) is 12.8 Å². The molecule has 1 aliphatic carbocycles. The number of nitrogens with one attached hydrogen (secondary N) is 1. The van der Waals surface area contributed by atoms with Crippen LogP contribution in [0.1, 0.15) is 77.8 Å². The average Bonchev–Trinajstić information content (AvgIpc) is 3.29. The second-order valence-corrected chi connectivity index (χ2v) is 9.34. The Bertz CT molecular complexity index is 1130. The lowest BCUT2D eigenvalue weighted by Gasteiger charge is -2.30. The van der Waals surface area contributed by atoms with E-state index in [0.29, 0.717) is 11.8 Å². The maximum absolute atomic E-state index is 5.63. The van der Waals surface area contributed by atoms with E-state index < -0.39 is 0 Å². The van der Waals surface area contributed by atoms with Crippen molar-refractivity contribution in [1.29, 1.82) is 0 Å². The van der Waals surface area contributed by atoms with Gasteiger partial charge in [0.1, 0.15) is 0 Å². The predicted octanol–water partition coefficient (Wildman–Crippen LogP) is 6.33. The number of hydrogen-bond acceptors (Lipinski definition) is 2. The fourth-order valence-corrected chi connectivity index (χ4v) is 5.06. The molecule has 1 N–H and O–H groups in total. The first-order chi connectivity index (χ1) is 16.0. The van der Waals surface area contributed by atoms with Gasteiger partial charge >= 0.3 is 0 Å². The van der Waals surface area contributed by atoms with Crippen molar-refractivity contribution in [3.8, 4) is 24.7 Å². The summed E-state index contributed by atoms with van der Waals surface area (Å²) >= 11 is 0. The summed E-state index contributed by atoms with van der Waals surface area (Å²) in [4.78, 5) is 2.45. The van der Waals surface area contributed by atoms with E-state index in [0.717, 1.165) is 43.0 Å². The summed E-state index contributed by atoms with van der Waals surface area (Å²) in [5, 5.41) is 3.44. The van der Waals surface area contributed by atoms with Crippen molar-refractivity contribution in [3.63, 3.8) is 0 Å². The molecule has 0 radical (unpaired) electrons. The van der Waals surface area contributed by atoms with Crippen LogP contribution in [0.4, 0.5) is 0 Å². The molecule has 0 spiro atoms. The molecule has 33 heavy (non-hydrogen) atoms. The minimum atomic E-state index is 0.511. The smallest absolute Gasteiger partial charge is 0.0810 e. The van der Waals surface area contributed by atoms with Crippen molar-refractivity contribution in [2.45, 2.75) is 57.9 Å². The van der Waals surface area contributed by atoms with E-state index in [1.54, 1.807) is 0 Å². The van der Waals surface area contributed by atoms with Gasteiger partial charge in [-0.2, -0.15) is 0 Å². The first kappa shape index (κ1) is 22.8. The number of hydrogen-bond donors (Lipinski definition) is 1. The molecule has 1 unspecified atom stereocenters. The monoisotopic (exact) mass is 434 g/mol. The molecule has 1 aliphatic heterocycles. The Kier molecular flexibility index (Phi) is 6.96. The van der Waals surface area contributed by atoms with Crippen LogP contribution in [0.5, 0.6) is 0 Å². The van der Waals surface area contributed by atoms with Gasteiger partial charge in [-0.15, -0.1) is 12.8 Å². The standard InChI is InChI=1S/C31H34N2/c1-6-24-12-14-25(15-13-24)27-16-17-33(21-27)23(5)30-19-28(20-32-29(7-2)8-3)31(18-22(30)4)26-10-9-11-26/h1-2,8,12-15,18-19,26-27,32H,5,9-11,16-17,20-21H2,3-4H3/b29-8-. The van der Waals surface area contributed by atoms with Crippen molar-refractivity contribution in [3.05, 3.63) is 88.1 Å². The highest BCUT2D eigenvalue weighted by Gasteiger charge is 2.27. The van der Waals surface area contributed by atoms with Crippen LogP contribution in [0, 0.1) is 31.6 Å². The Labute approximate surface area is 199 Å². The molecule has 2 fully saturated rings. The van der Waals surface area contributed by atoms with E-state index in [-0.39, 0.29) is 0 Å². The zero-order valence-corrected chi connectivity index (χ0v) is 20.0. The van der Waals surface area contributed by atoms with Crippen LogP contribution < -0.4 is 5.32 Å². The minimum absolute atomic E-state index is 0.511. The summed E-state index contributed by atoms with van der Waals surface area (Å²) in [7, 11) is 0. The molecule has 2 aromatic rings. The maximum Gasteiger partial charge on any atom is 0.0810 e. The van der Waals surface area contributed by atoms with Gasteiger partial charge in [-0.05, 0) is 79.5 Å². The zero-order valence-electron chi connectivity index (χ0n) is 20.0. The normalized spacial score (nSPS) is 18.4. The molecule has 1 atom stereocenters.